The third-order valence-corrected chi connectivity index (χ3v) is 6.44. The monoisotopic (exact) mass is 507 g/mol. The lowest BCUT2D eigenvalue weighted by Crippen LogP contribution is -2.61. The van der Waals surface area contributed by atoms with Gasteiger partial charge in [0.25, 0.3) is 5.91 Å². The first-order valence-corrected chi connectivity index (χ1v) is 11.1. The molecule has 0 radical (unpaired) electrons. The van der Waals surface area contributed by atoms with Gasteiger partial charge in [-0.1, -0.05) is 22.0 Å². The van der Waals surface area contributed by atoms with E-state index in [1.165, 1.54) is 18.1 Å². The number of hydrogen-bond acceptors (Lipinski definition) is 5. The maximum Gasteiger partial charge on any atom is 0.250 e. The van der Waals surface area contributed by atoms with Crippen LogP contribution >= 0.6 is 15.9 Å². The van der Waals surface area contributed by atoms with Crippen molar-refractivity contribution < 1.29 is 18.4 Å². The third kappa shape index (κ3) is 4.27. The molecular weight excluding hydrogens is 484 g/mol. The molecule has 0 fully saturated rings. The number of aryl methyl sites for hydroxylation is 1. The van der Waals surface area contributed by atoms with Crippen LogP contribution in [0.5, 0.6) is 0 Å². The molecule has 2 aromatic carbocycles. The molecule has 32 heavy (non-hydrogen) atoms. The minimum absolute atomic E-state index is 0.187. The molecule has 2 heterocycles. The molecular formula is C22H24BrF2N5O2. The Balaban J connectivity index is 1.71. The van der Waals surface area contributed by atoms with Crippen molar-refractivity contribution in [3.63, 3.8) is 0 Å². The Morgan fingerprint density at radius 2 is 1.94 bits per heavy atom. The van der Waals surface area contributed by atoms with Gasteiger partial charge >= 0.3 is 0 Å². The van der Waals surface area contributed by atoms with Crippen LogP contribution in [0.3, 0.4) is 0 Å². The summed E-state index contributed by atoms with van der Waals surface area (Å²) in [6.07, 6.45) is 0.700. The Morgan fingerprint density at radius 3 is 2.56 bits per heavy atom. The largest absolute Gasteiger partial charge is 0.367 e. The fraction of sp³-hybridized carbons (Fsp3) is 0.364. The van der Waals surface area contributed by atoms with E-state index >= 15 is 0 Å². The van der Waals surface area contributed by atoms with Crippen LogP contribution < -0.4 is 21.4 Å². The zero-order chi connectivity index (χ0) is 23.0. The number of nitrogens with one attached hydrogen (secondary N) is 2. The number of carbonyl (C=O) groups excluding carboxylic acids is 2. The van der Waals surface area contributed by atoms with Gasteiger partial charge in [-0.25, -0.2) is 19.2 Å². The second-order valence-electron chi connectivity index (χ2n) is 7.95. The lowest BCUT2D eigenvalue weighted by molar-refractivity contribution is -0.129. The van der Waals surface area contributed by atoms with E-state index in [9.17, 15) is 18.4 Å². The number of benzene rings is 2. The number of nitrogens with zero attached hydrogens (tertiary/aromatic N) is 2. The maximum absolute atomic E-state index is 14.4. The lowest BCUT2D eigenvalue weighted by Gasteiger charge is -2.34. The van der Waals surface area contributed by atoms with Crippen molar-refractivity contribution in [3.05, 3.63) is 63.1 Å². The summed E-state index contributed by atoms with van der Waals surface area (Å²) >= 11 is 3.53. The number of hydrazine groups is 1. The van der Waals surface area contributed by atoms with Crippen LogP contribution in [0.1, 0.15) is 23.1 Å². The van der Waals surface area contributed by atoms with E-state index in [1.807, 2.05) is 12.1 Å². The molecule has 10 heteroatoms. The van der Waals surface area contributed by atoms with E-state index in [2.05, 4.69) is 26.7 Å². The Labute approximate surface area is 193 Å². The molecule has 2 aromatic rings. The highest BCUT2D eigenvalue weighted by molar-refractivity contribution is 9.10. The summed E-state index contributed by atoms with van der Waals surface area (Å²) in [5.74, 6) is -2.35. The van der Waals surface area contributed by atoms with Crippen LogP contribution in [0.25, 0.3) is 0 Å². The highest BCUT2D eigenvalue weighted by Crippen LogP contribution is 2.38. The number of nitrogens with two attached hydrogens (primary N) is 1. The average molecular weight is 508 g/mol. The zero-order valence-corrected chi connectivity index (χ0v) is 19.1. The standard InChI is InChI=1S/C22H24BrF2N5O2/c1-27-21(20(26)31)28-30(11-15-16(24)3-2-4-17(15)25)18-6-5-12-9-14(23)10-13-7-8-29(19(12)13)22(18)32/h2-4,9-10,18,21,27-28H,5-8,11H2,1H3,(H2,26,31). The van der Waals surface area contributed by atoms with Gasteiger partial charge in [-0.15, -0.1) is 0 Å². The van der Waals surface area contributed by atoms with Crippen LogP contribution in [0.15, 0.2) is 34.8 Å². The molecule has 7 nitrogen and oxygen atoms in total. The third-order valence-electron chi connectivity index (χ3n) is 5.98. The van der Waals surface area contributed by atoms with Crippen LogP contribution in [-0.4, -0.2) is 42.6 Å². The number of carbonyl (C=O) groups is 2. The Morgan fingerprint density at radius 1 is 1.28 bits per heavy atom. The van der Waals surface area contributed by atoms with Gasteiger partial charge < -0.3 is 10.6 Å². The van der Waals surface area contributed by atoms with Gasteiger partial charge in [0, 0.05) is 23.1 Å². The number of primary amides is 1. The first-order valence-electron chi connectivity index (χ1n) is 10.3. The van der Waals surface area contributed by atoms with Crippen molar-refractivity contribution in [2.75, 3.05) is 18.5 Å². The van der Waals surface area contributed by atoms with Crippen LogP contribution in [-0.2, 0) is 29.0 Å². The summed E-state index contributed by atoms with van der Waals surface area (Å²) in [6.45, 7) is 0.266. The minimum atomic E-state index is -1.02. The van der Waals surface area contributed by atoms with Gasteiger partial charge in [0.15, 0.2) is 6.17 Å². The predicted molar refractivity (Wildman–Crippen MR) is 119 cm³/mol. The van der Waals surface area contributed by atoms with Gasteiger partial charge in [-0.3, -0.25) is 14.9 Å². The summed E-state index contributed by atoms with van der Waals surface area (Å²) in [4.78, 5) is 27.2. The molecule has 2 unspecified atom stereocenters. The minimum Gasteiger partial charge on any atom is -0.367 e. The van der Waals surface area contributed by atoms with E-state index < -0.39 is 29.7 Å². The van der Waals surface area contributed by atoms with Crippen molar-refractivity contribution in [2.24, 2.45) is 5.73 Å². The highest BCUT2D eigenvalue weighted by Gasteiger charge is 2.39. The van der Waals surface area contributed by atoms with Crippen LogP contribution in [0.2, 0.25) is 0 Å². The predicted octanol–water partition coefficient (Wildman–Crippen LogP) is 1.97. The molecule has 0 spiro atoms. The molecule has 0 bridgehead atoms. The lowest BCUT2D eigenvalue weighted by atomic mass is 10.0. The summed E-state index contributed by atoms with van der Waals surface area (Å²) in [6, 6.07) is 6.86. The second-order valence-corrected chi connectivity index (χ2v) is 8.86. The van der Waals surface area contributed by atoms with Crippen molar-refractivity contribution in [3.8, 4) is 0 Å². The van der Waals surface area contributed by atoms with Gasteiger partial charge in [-0.05, 0) is 61.7 Å². The van der Waals surface area contributed by atoms with Crippen molar-refractivity contribution in [1.82, 2.24) is 15.8 Å². The number of amides is 2. The molecule has 4 rings (SSSR count). The first kappa shape index (κ1) is 22.8. The summed E-state index contributed by atoms with van der Waals surface area (Å²) in [7, 11) is 1.53. The molecule has 0 aromatic heterocycles. The molecule has 2 atom stereocenters. The van der Waals surface area contributed by atoms with Gasteiger partial charge in [-0.2, -0.15) is 0 Å². The number of hydrogen-bond donors (Lipinski definition) is 3. The fourth-order valence-corrected chi connectivity index (χ4v) is 4.98. The summed E-state index contributed by atoms with van der Waals surface area (Å²) in [5, 5.41) is 4.16. The number of halogens is 3. The van der Waals surface area contributed by atoms with Crippen molar-refractivity contribution >= 4 is 33.4 Å². The fourth-order valence-electron chi connectivity index (χ4n) is 4.43. The Kier molecular flexibility index (Phi) is 6.57. The van der Waals surface area contributed by atoms with Crippen molar-refractivity contribution in [2.45, 2.75) is 38.0 Å². The van der Waals surface area contributed by atoms with Crippen LogP contribution in [0.4, 0.5) is 14.5 Å². The second kappa shape index (κ2) is 9.22. The molecule has 0 aliphatic carbocycles. The SMILES string of the molecule is CNC(NN(Cc1c(F)cccc1F)C1CCc2cc(Br)cc3c2N(CC3)C1=O)C(N)=O. The Bertz CT molecular complexity index is 1050. The first-order chi connectivity index (χ1) is 15.3. The van der Waals surface area contributed by atoms with E-state index in [0.717, 1.165) is 39.8 Å². The average Bonchev–Trinajstić information content (AvgIpc) is 3.11. The number of anilines is 1. The van der Waals surface area contributed by atoms with E-state index in [4.69, 9.17) is 5.73 Å². The highest BCUT2D eigenvalue weighted by atomic mass is 79.9. The molecule has 0 saturated carbocycles. The quantitative estimate of drug-likeness (QED) is 0.393. The summed E-state index contributed by atoms with van der Waals surface area (Å²) < 4.78 is 29.8. The smallest absolute Gasteiger partial charge is 0.250 e. The van der Waals surface area contributed by atoms with Gasteiger partial charge in [0.2, 0.25) is 5.91 Å². The van der Waals surface area contributed by atoms with E-state index in [-0.39, 0.29) is 18.0 Å². The zero-order valence-electron chi connectivity index (χ0n) is 17.5. The van der Waals surface area contributed by atoms with E-state index in [0.29, 0.717) is 19.4 Å². The molecule has 2 amide bonds. The maximum atomic E-state index is 14.4. The molecule has 2 aliphatic rings. The van der Waals surface area contributed by atoms with Crippen LogP contribution in [0, 0.1) is 11.6 Å². The van der Waals surface area contributed by atoms with Gasteiger partial charge in [0.1, 0.15) is 17.7 Å². The van der Waals surface area contributed by atoms with E-state index in [1.54, 1.807) is 4.90 Å². The molecule has 170 valence electrons. The van der Waals surface area contributed by atoms with Gasteiger partial charge in [0.05, 0.1) is 5.69 Å². The van der Waals surface area contributed by atoms with Crippen molar-refractivity contribution in [1.29, 1.82) is 0 Å². The summed E-state index contributed by atoms with van der Waals surface area (Å²) in [5.41, 5.74) is 11.2. The molecule has 2 aliphatic heterocycles. The molecule has 0 saturated heterocycles. The normalized spacial score (nSPS) is 18.6. The topological polar surface area (TPSA) is 90.7 Å². The number of likely N-dealkylation sites (N-methyl/N-ethyl adjacent to an activating group) is 1. The Hall–Kier alpha value is -2.40. The molecule has 4 N–H and O–H groups in total. The number of rotatable bonds is 7.